The molecule has 0 spiro atoms. The molecule has 1 amide bonds. The number of ether oxygens (including phenoxy) is 3. The fourth-order valence-corrected chi connectivity index (χ4v) is 3.15. The van der Waals surface area contributed by atoms with Gasteiger partial charge in [0.2, 0.25) is 0 Å². The fourth-order valence-electron chi connectivity index (χ4n) is 3.15. The molecule has 0 radical (unpaired) electrons. The topological polar surface area (TPSA) is 90.9 Å². The number of benzene rings is 1. The summed E-state index contributed by atoms with van der Waals surface area (Å²) < 4.78 is 15.7. The van der Waals surface area contributed by atoms with E-state index >= 15 is 0 Å². The van der Waals surface area contributed by atoms with Crippen molar-refractivity contribution in [2.75, 3.05) is 0 Å². The standard InChI is InChI=1S/C22H31NO6/c1-21(2,3)29-20(26)23-16(14-15-10-7-6-8-11-15)12-9-13-17-18(24)27-22(4,5)28-19(17)25/h6-8,10-11,16-17H,9,12-14H2,1-5H3,(H,23,26)/t16-/m1/s1. The van der Waals surface area contributed by atoms with Crippen molar-refractivity contribution in [2.24, 2.45) is 5.92 Å². The molecule has 2 rings (SSSR count). The van der Waals surface area contributed by atoms with Gasteiger partial charge in [-0.3, -0.25) is 9.59 Å². The average Bonchev–Trinajstić information content (AvgIpc) is 2.55. The second-order valence-electron chi connectivity index (χ2n) is 8.76. The molecule has 1 saturated heterocycles. The summed E-state index contributed by atoms with van der Waals surface area (Å²) in [6, 6.07) is 9.59. The van der Waals surface area contributed by atoms with E-state index in [9.17, 15) is 14.4 Å². The average molecular weight is 405 g/mol. The Bertz CT molecular complexity index is 703. The summed E-state index contributed by atoms with van der Waals surface area (Å²) in [7, 11) is 0. The minimum Gasteiger partial charge on any atom is -0.444 e. The van der Waals surface area contributed by atoms with Crippen molar-refractivity contribution in [3.8, 4) is 0 Å². The van der Waals surface area contributed by atoms with Gasteiger partial charge in [-0.25, -0.2) is 4.79 Å². The highest BCUT2D eigenvalue weighted by Crippen LogP contribution is 2.26. The van der Waals surface area contributed by atoms with E-state index in [0.717, 1.165) is 5.56 Å². The summed E-state index contributed by atoms with van der Waals surface area (Å²) in [5, 5.41) is 2.90. The van der Waals surface area contributed by atoms with Gasteiger partial charge in [0.05, 0.1) is 0 Å². The number of hydrogen-bond donors (Lipinski definition) is 1. The molecule has 0 saturated carbocycles. The number of rotatable bonds is 7. The molecule has 1 heterocycles. The van der Waals surface area contributed by atoms with Crippen molar-refractivity contribution >= 4 is 18.0 Å². The van der Waals surface area contributed by atoms with Crippen LogP contribution in [0.3, 0.4) is 0 Å². The maximum atomic E-state index is 12.2. The zero-order valence-electron chi connectivity index (χ0n) is 17.8. The van der Waals surface area contributed by atoms with Gasteiger partial charge >= 0.3 is 18.0 Å². The molecule has 1 aliphatic heterocycles. The van der Waals surface area contributed by atoms with Crippen LogP contribution in [0.5, 0.6) is 0 Å². The van der Waals surface area contributed by atoms with E-state index in [2.05, 4.69) is 5.32 Å². The lowest BCUT2D eigenvalue weighted by atomic mass is 9.96. The summed E-state index contributed by atoms with van der Waals surface area (Å²) in [4.78, 5) is 36.4. The van der Waals surface area contributed by atoms with Crippen LogP contribution >= 0.6 is 0 Å². The predicted octanol–water partition coefficient (Wildman–Crippen LogP) is 3.75. The lowest BCUT2D eigenvalue weighted by molar-refractivity contribution is -0.240. The Labute approximate surface area is 172 Å². The van der Waals surface area contributed by atoms with Crippen molar-refractivity contribution in [2.45, 2.75) is 77.7 Å². The van der Waals surface area contributed by atoms with Crippen LogP contribution in [0, 0.1) is 5.92 Å². The highest BCUT2D eigenvalue weighted by atomic mass is 16.7. The Morgan fingerprint density at radius 1 is 1.14 bits per heavy atom. The Morgan fingerprint density at radius 3 is 2.28 bits per heavy atom. The maximum Gasteiger partial charge on any atom is 0.407 e. The van der Waals surface area contributed by atoms with E-state index in [0.29, 0.717) is 25.7 Å². The van der Waals surface area contributed by atoms with Crippen LogP contribution in [-0.4, -0.2) is 35.5 Å². The number of alkyl carbamates (subject to hydrolysis) is 1. The van der Waals surface area contributed by atoms with Gasteiger partial charge in [-0.1, -0.05) is 30.3 Å². The molecule has 160 valence electrons. The fraction of sp³-hybridized carbons (Fsp3) is 0.591. The van der Waals surface area contributed by atoms with Gasteiger partial charge in [0.1, 0.15) is 5.60 Å². The molecule has 1 fully saturated rings. The molecular formula is C22H31NO6. The summed E-state index contributed by atoms with van der Waals surface area (Å²) in [5.41, 5.74) is 0.482. The van der Waals surface area contributed by atoms with E-state index < -0.39 is 35.3 Å². The largest absolute Gasteiger partial charge is 0.444 e. The third kappa shape index (κ3) is 7.75. The maximum absolute atomic E-state index is 12.2. The highest BCUT2D eigenvalue weighted by Gasteiger charge is 2.42. The van der Waals surface area contributed by atoms with Crippen molar-refractivity contribution in [1.29, 1.82) is 0 Å². The molecule has 1 atom stereocenters. The predicted molar refractivity (Wildman–Crippen MR) is 107 cm³/mol. The molecule has 1 aromatic rings. The first kappa shape index (κ1) is 22.7. The number of carbonyl (C=O) groups is 3. The van der Waals surface area contributed by atoms with Gasteiger partial charge in [0.15, 0.2) is 5.92 Å². The molecule has 1 N–H and O–H groups in total. The monoisotopic (exact) mass is 405 g/mol. The smallest absolute Gasteiger partial charge is 0.407 e. The minimum atomic E-state index is -1.22. The Morgan fingerprint density at radius 2 is 1.72 bits per heavy atom. The van der Waals surface area contributed by atoms with Crippen LogP contribution in [-0.2, 0) is 30.2 Å². The van der Waals surface area contributed by atoms with Crippen LogP contribution < -0.4 is 5.32 Å². The number of carbonyl (C=O) groups excluding carboxylic acids is 3. The molecule has 0 aliphatic carbocycles. The molecule has 1 aliphatic rings. The third-order valence-corrected chi connectivity index (χ3v) is 4.35. The molecule has 0 aromatic heterocycles. The second kappa shape index (κ2) is 9.29. The molecule has 7 heteroatoms. The van der Waals surface area contributed by atoms with Crippen LogP contribution in [0.4, 0.5) is 4.79 Å². The van der Waals surface area contributed by atoms with Crippen LogP contribution in [0.25, 0.3) is 0 Å². The summed E-state index contributed by atoms with van der Waals surface area (Å²) in [5.74, 6) is -3.28. The van der Waals surface area contributed by atoms with Crippen molar-refractivity contribution in [3.05, 3.63) is 35.9 Å². The van der Waals surface area contributed by atoms with Crippen LogP contribution in [0.15, 0.2) is 30.3 Å². The van der Waals surface area contributed by atoms with Crippen molar-refractivity contribution < 1.29 is 28.6 Å². The number of amides is 1. The van der Waals surface area contributed by atoms with E-state index in [1.165, 1.54) is 13.8 Å². The zero-order chi connectivity index (χ0) is 21.7. The Balaban J connectivity index is 1.95. The van der Waals surface area contributed by atoms with E-state index in [4.69, 9.17) is 14.2 Å². The lowest BCUT2D eigenvalue weighted by Gasteiger charge is -2.33. The summed E-state index contributed by atoms with van der Waals surface area (Å²) in [6.45, 7) is 8.47. The first-order valence-corrected chi connectivity index (χ1v) is 9.94. The Kier molecular flexibility index (Phi) is 7.27. The second-order valence-corrected chi connectivity index (χ2v) is 8.76. The lowest BCUT2D eigenvalue weighted by Crippen LogP contribution is -2.46. The first-order chi connectivity index (χ1) is 13.5. The van der Waals surface area contributed by atoms with Crippen molar-refractivity contribution in [1.82, 2.24) is 5.32 Å². The van der Waals surface area contributed by atoms with E-state index in [-0.39, 0.29) is 6.04 Å². The van der Waals surface area contributed by atoms with E-state index in [1.54, 1.807) is 20.8 Å². The third-order valence-electron chi connectivity index (χ3n) is 4.35. The SMILES string of the molecule is CC(C)(C)OC(=O)N[C@H](CCCC1C(=O)OC(C)(C)OC1=O)Cc1ccccc1. The summed E-state index contributed by atoms with van der Waals surface area (Å²) in [6.07, 6.45) is 1.55. The van der Waals surface area contributed by atoms with Crippen LogP contribution in [0.1, 0.15) is 59.4 Å². The van der Waals surface area contributed by atoms with Gasteiger partial charge in [-0.15, -0.1) is 0 Å². The molecule has 29 heavy (non-hydrogen) atoms. The molecule has 1 aromatic carbocycles. The van der Waals surface area contributed by atoms with Crippen LogP contribution in [0.2, 0.25) is 0 Å². The highest BCUT2D eigenvalue weighted by molar-refractivity contribution is 5.96. The van der Waals surface area contributed by atoms with Gasteiger partial charge in [0.25, 0.3) is 5.79 Å². The van der Waals surface area contributed by atoms with Crippen molar-refractivity contribution in [3.63, 3.8) is 0 Å². The minimum absolute atomic E-state index is 0.195. The number of esters is 2. The quantitative estimate of drug-likeness (QED) is 0.549. The number of cyclic esters (lactones) is 2. The Hall–Kier alpha value is -2.57. The zero-order valence-corrected chi connectivity index (χ0v) is 17.8. The normalized spacial score (nSPS) is 17.8. The van der Waals surface area contributed by atoms with Gasteiger partial charge in [0, 0.05) is 19.9 Å². The molecule has 0 bridgehead atoms. The van der Waals surface area contributed by atoms with Gasteiger partial charge in [-0.2, -0.15) is 0 Å². The van der Waals surface area contributed by atoms with Gasteiger partial charge < -0.3 is 19.5 Å². The first-order valence-electron chi connectivity index (χ1n) is 9.94. The number of nitrogens with one attached hydrogen (secondary N) is 1. The molecule has 7 nitrogen and oxygen atoms in total. The summed E-state index contributed by atoms with van der Waals surface area (Å²) >= 11 is 0. The molecule has 0 unspecified atom stereocenters. The molecular weight excluding hydrogens is 374 g/mol. The van der Waals surface area contributed by atoms with Gasteiger partial charge in [-0.05, 0) is 52.0 Å². The van der Waals surface area contributed by atoms with E-state index in [1.807, 2.05) is 30.3 Å². The number of hydrogen-bond acceptors (Lipinski definition) is 6.